The molecule has 0 spiro atoms. The van der Waals surface area contributed by atoms with Gasteiger partial charge in [0.1, 0.15) is 11.4 Å². The Kier molecular flexibility index (Phi) is 4.78. The highest BCUT2D eigenvalue weighted by atomic mass is 16.4. The molecule has 1 aliphatic rings. The number of Topliss-reactive ketones (excluding diaryl/α,β-unsaturated/α-hetero) is 1. The predicted octanol–water partition coefficient (Wildman–Crippen LogP) is 1.43. The number of aliphatic hydroxyl groups is 1. The molecule has 2 atom stereocenters. The van der Waals surface area contributed by atoms with Gasteiger partial charge in [0.25, 0.3) is 0 Å². The Bertz CT molecular complexity index is 522. The first-order chi connectivity index (χ1) is 9.15. The summed E-state index contributed by atoms with van der Waals surface area (Å²) >= 11 is 0. The van der Waals surface area contributed by atoms with Crippen molar-refractivity contribution >= 4 is 17.5 Å². The molecule has 0 saturated heterocycles. The van der Waals surface area contributed by atoms with E-state index in [9.17, 15) is 19.5 Å². The maximum Gasteiger partial charge on any atom is 0.331 e. The lowest BCUT2D eigenvalue weighted by atomic mass is 9.88. The van der Waals surface area contributed by atoms with Crippen LogP contribution in [0.1, 0.15) is 26.7 Å². The Balaban J connectivity index is 3.05. The van der Waals surface area contributed by atoms with Crippen LogP contribution in [0.5, 0.6) is 0 Å². The highest BCUT2D eigenvalue weighted by Crippen LogP contribution is 2.30. The number of ketones is 2. The van der Waals surface area contributed by atoms with E-state index >= 15 is 0 Å². The number of aliphatic carboxylic acids is 1. The van der Waals surface area contributed by atoms with Crippen LogP contribution in [-0.4, -0.2) is 33.3 Å². The van der Waals surface area contributed by atoms with Gasteiger partial charge in [-0.2, -0.15) is 0 Å². The number of hydrogen-bond acceptors (Lipinski definition) is 4. The molecule has 108 valence electrons. The van der Waals surface area contributed by atoms with Crippen molar-refractivity contribution in [3.8, 4) is 0 Å². The maximum atomic E-state index is 11.7. The number of carboxylic acids is 1. The fraction of sp³-hybridized carbons (Fsp3) is 0.400. The molecule has 1 rings (SSSR count). The second-order valence-electron chi connectivity index (χ2n) is 5.10. The third kappa shape index (κ3) is 3.74. The van der Waals surface area contributed by atoms with Crippen molar-refractivity contribution in [2.75, 3.05) is 0 Å². The van der Waals surface area contributed by atoms with E-state index < -0.39 is 17.5 Å². The zero-order valence-corrected chi connectivity index (χ0v) is 11.5. The van der Waals surface area contributed by atoms with E-state index in [0.717, 1.165) is 0 Å². The molecule has 0 aromatic carbocycles. The van der Waals surface area contributed by atoms with E-state index in [1.54, 1.807) is 0 Å². The minimum Gasteiger partial charge on any atom is -0.478 e. The molecular formula is C15H18O5. The van der Waals surface area contributed by atoms with E-state index in [-0.39, 0.29) is 35.6 Å². The number of rotatable bonds is 6. The fourth-order valence-corrected chi connectivity index (χ4v) is 1.99. The van der Waals surface area contributed by atoms with Gasteiger partial charge in [-0.05, 0) is 32.4 Å². The molecule has 0 saturated carbocycles. The summed E-state index contributed by atoms with van der Waals surface area (Å²) in [5, 5.41) is 19.1. The van der Waals surface area contributed by atoms with Crippen LogP contribution < -0.4 is 0 Å². The van der Waals surface area contributed by atoms with Crippen molar-refractivity contribution in [1.29, 1.82) is 0 Å². The normalized spacial score (nSPS) is 24.9. The van der Waals surface area contributed by atoms with Gasteiger partial charge in [0.15, 0.2) is 5.78 Å². The van der Waals surface area contributed by atoms with Gasteiger partial charge in [-0.3, -0.25) is 4.79 Å². The van der Waals surface area contributed by atoms with E-state index in [2.05, 4.69) is 6.58 Å². The molecule has 5 heteroatoms. The Hall–Kier alpha value is -2.01. The van der Waals surface area contributed by atoms with E-state index in [0.29, 0.717) is 0 Å². The van der Waals surface area contributed by atoms with Crippen LogP contribution in [0, 0.1) is 5.92 Å². The summed E-state index contributed by atoms with van der Waals surface area (Å²) in [7, 11) is 0. The summed E-state index contributed by atoms with van der Waals surface area (Å²) in [6.07, 6.45) is 4.43. The third-order valence-electron chi connectivity index (χ3n) is 3.27. The summed E-state index contributed by atoms with van der Waals surface area (Å²) in [6.45, 7) is 6.34. The smallest absolute Gasteiger partial charge is 0.331 e. The van der Waals surface area contributed by atoms with Gasteiger partial charge in [0.2, 0.25) is 0 Å². The van der Waals surface area contributed by atoms with Gasteiger partial charge >= 0.3 is 5.97 Å². The number of carboxylic acid groups (broad SMARTS) is 1. The monoisotopic (exact) mass is 278 g/mol. The molecule has 0 heterocycles. The Labute approximate surface area is 117 Å². The summed E-state index contributed by atoms with van der Waals surface area (Å²) < 4.78 is 0. The highest BCUT2D eigenvalue weighted by molar-refractivity contribution is 6.09. The molecule has 0 aromatic rings. The molecule has 1 aliphatic carbocycles. The van der Waals surface area contributed by atoms with Crippen molar-refractivity contribution in [2.24, 2.45) is 5.92 Å². The summed E-state index contributed by atoms with van der Waals surface area (Å²) in [5.74, 6) is -2.29. The minimum atomic E-state index is -1.41. The Morgan fingerprint density at radius 1 is 1.50 bits per heavy atom. The minimum absolute atomic E-state index is 0.0748. The summed E-state index contributed by atoms with van der Waals surface area (Å²) in [6, 6.07) is 0. The summed E-state index contributed by atoms with van der Waals surface area (Å²) in [5.41, 5.74) is -1.40. The van der Waals surface area contributed by atoms with Gasteiger partial charge in [0.05, 0.1) is 0 Å². The van der Waals surface area contributed by atoms with Crippen LogP contribution in [0.25, 0.3) is 0 Å². The quantitative estimate of drug-likeness (QED) is 0.717. The van der Waals surface area contributed by atoms with Gasteiger partial charge in [0, 0.05) is 23.5 Å². The van der Waals surface area contributed by atoms with E-state index in [1.165, 1.54) is 32.1 Å². The molecule has 0 fully saturated rings. The zero-order chi connectivity index (χ0) is 15.5. The van der Waals surface area contributed by atoms with Gasteiger partial charge in [-0.1, -0.05) is 12.7 Å². The SMILES string of the molecule is C=C(C(=O)O)C(/C=C1\C(=O)C=CC1(C)O)CCC(C)=O. The van der Waals surface area contributed by atoms with Crippen molar-refractivity contribution in [3.05, 3.63) is 36.0 Å². The van der Waals surface area contributed by atoms with E-state index in [1.807, 2.05) is 0 Å². The maximum absolute atomic E-state index is 11.7. The lowest BCUT2D eigenvalue weighted by Crippen LogP contribution is -2.24. The molecule has 0 aliphatic heterocycles. The second kappa shape index (κ2) is 5.96. The van der Waals surface area contributed by atoms with E-state index in [4.69, 9.17) is 5.11 Å². The van der Waals surface area contributed by atoms with Gasteiger partial charge < -0.3 is 15.0 Å². The molecule has 0 bridgehead atoms. The van der Waals surface area contributed by atoms with Crippen LogP contribution >= 0.6 is 0 Å². The van der Waals surface area contributed by atoms with Crippen LogP contribution in [0.3, 0.4) is 0 Å². The third-order valence-corrected chi connectivity index (χ3v) is 3.27. The lowest BCUT2D eigenvalue weighted by Gasteiger charge is -2.19. The van der Waals surface area contributed by atoms with Gasteiger partial charge in [-0.25, -0.2) is 4.79 Å². The average molecular weight is 278 g/mol. The Morgan fingerprint density at radius 3 is 2.50 bits per heavy atom. The number of carbonyl (C=O) groups is 3. The van der Waals surface area contributed by atoms with Crippen molar-refractivity contribution in [2.45, 2.75) is 32.3 Å². The van der Waals surface area contributed by atoms with Crippen molar-refractivity contribution in [1.82, 2.24) is 0 Å². The fourth-order valence-electron chi connectivity index (χ4n) is 1.99. The molecule has 2 N–H and O–H groups in total. The second-order valence-corrected chi connectivity index (χ2v) is 5.10. The van der Waals surface area contributed by atoms with Crippen LogP contribution in [0.15, 0.2) is 36.0 Å². The first-order valence-electron chi connectivity index (χ1n) is 6.25. The standard InChI is InChI=1S/C15H18O5/c1-9(16)4-5-11(10(2)14(18)19)8-12-13(17)6-7-15(12,3)20/h6-8,11,20H,2,4-5H2,1,3H3,(H,18,19)/b12-8+. The molecule has 20 heavy (non-hydrogen) atoms. The summed E-state index contributed by atoms with van der Waals surface area (Å²) in [4.78, 5) is 33.8. The zero-order valence-electron chi connectivity index (χ0n) is 11.5. The molecule has 2 unspecified atom stereocenters. The van der Waals surface area contributed by atoms with Gasteiger partial charge in [-0.15, -0.1) is 0 Å². The first kappa shape index (κ1) is 16.0. The molecule has 0 aromatic heterocycles. The molecular weight excluding hydrogens is 260 g/mol. The number of carbonyl (C=O) groups excluding carboxylic acids is 2. The lowest BCUT2D eigenvalue weighted by molar-refractivity contribution is -0.133. The van der Waals surface area contributed by atoms with Crippen molar-refractivity contribution < 1.29 is 24.6 Å². The largest absolute Gasteiger partial charge is 0.478 e. The highest BCUT2D eigenvalue weighted by Gasteiger charge is 2.33. The van der Waals surface area contributed by atoms with Crippen LogP contribution in [-0.2, 0) is 14.4 Å². The predicted molar refractivity (Wildman–Crippen MR) is 73.0 cm³/mol. The molecule has 0 amide bonds. The number of allylic oxidation sites excluding steroid dienone is 2. The average Bonchev–Trinajstić information content (AvgIpc) is 2.59. The molecule has 5 nitrogen and oxygen atoms in total. The van der Waals surface area contributed by atoms with Crippen LogP contribution in [0.4, 0.5) is 0 Å². The molecule has 0 radical (unpaired) electrons. The van der Waals surface area contributed by atoms with Crippen LogP contribution in [0.2, 0.25) is 0 Å². The topological polar surface area (TPSA) is 91.7 Å². The number of hydrogen-bond donors (Lipinski definition) is 2. The van der Waals surface area contributed by atoms with Crippen molar-refractivity contribution in [3.63, 3.8) is 0 Å². The Morgan fingerprint density at radius 2 is 2.10 bits per heavy atom. The first-order valence-corrected chi connectivity index (χ1v) is 6.25.